The van der Waals surface area contributed by atoms with Gasteiger partial charge in [-0.1, -0.05) is 36.4 Å². The Morgan fingerprint density at radius 3 is 2.21 bits per heavy atom. The second-order valence-electron chi connectivity index (χ2n) is 9.38. The molecule has 0 aromatic heterocycles. The van der Waals surface area contributed by atoms with Gasteiger partial charge in [0, 0.05) is 12.7 Å². The van der Waals surface area contributed by atoms with Gasteiger partial charge >= 0.3 is 6.09 Å². The second kappa shape index (κ2) is 11.2. The van der Waals surface area contributed by atoms with Gasteiger partial charge in [0.15, 0.2) is 0 Å². The number of nitrogens with one attached hydrogen (secondary N) is 2. The average Bonchev–Trinajstić information content (AvgIpc) is 2.74. The number of anilines is 1. The van der Waals surface area contributed by atoms with Gasteiger partial charge in [0.1, 0.15) is 17.7 Å². The van der Waals surface area contributed by atoms with Crippen LogP contribution in [0.3, 0.4) is 0 Å². The Labute approximate surface area is 201 Å². The number of benzene rings is 2. The molecule has 0 aliphatic carbocycles. The van der Waals surface area contributed by atoms with Crippen molar-refractivity contribution in [3.05, 3.63) is 64.7 Å². The molecule has 2 atom stereocenters. The maximum absolute atomic E-state index is 13.4. The third kappa shape index (κ3) is 7.05. The summed E-state index contributed by atoms with van der Waals surface area (Å²) in [7, 11) is 1.47. The van der Waals surface area contributed by atoms with Crippen LogP contribution >= 0.6 is 0 Å². The number of aliphatic hydroxyl groups excluding tert-OH is 1. The Hall–Kier alpha value is -3.39. The van der Waals surface area contributed by atoms with Crippen molar-refractivity contribution in [2.45, 2.75) is 59.2 Å². The Morgan fingerprint density at radius 2 is 1.65 bits per heavy atom. The van der Waals surface area contributed by atoms with Gasteiger partial charge in [0.05, 0.1) is 6.61 Å². The van der Waals surface area contributed by atoms with Crippen LogP contribution in [-0.4, -0.2) is 53.2 Å². The summed E-state index contributed by atoms with van der Waals surface area (Å²) in [5.74, 6) is -1.04. The number of para-hydroxylation sites is 1. The number of hydrogen-bond acceptors (Lipinski definition) is 5. The van der Waals surface area contributed by atoms with Crippen molar-refractivity contribution in [1.29, 1.82) is 0 Å². The Kier molecular flexibility index (Phi) is 8.81. The first kappa shape index (κ1) is 26.9. The molecule has 2 aromatic carbocycles. The van der Waals surface area contributed by atoms with Gasteiger partial charge in [0.25, 0.3) is 5.91 Å². The van der Waals surface area contributed by atoms with Crippen molar-refractivity contribution >= 4 is 23.6 Å². The molecule has 0 saturated heterocycles. The van der Waals surface area contributed by atoms with Crippen molar-refractivity contribution in [2.75, 3.05) is 19.0 Å². The molecular formula is C26H35N3O5. The molecule has 2 aromatic rings. The van der Waals surface area contributed by atoms with Crippen LogP contribution in [0.25, 0.3) is 0 Å². The minimum atomic E-state index is -1.28. The van der Waals surface area contributed by atoms with E-state index in [2.05, 4.69) is 10.6 Å². The summed E-state index contributed by atoms with van der Waals surface area (Å²) < 4.78 is 5.20. The van der Waals surface area contributed by atoms with Crippen LogP contribution in [0.2, 0.25) is 0 Å². The van der Waals surface area contributed by atoms with E-state index in [4.69, 9.17) is 4.74 Å². The number of hydrogen-bond donors (Lipinski definition) is 3. The van der Waals surface area contributed by atoms with Gasteiger partial charge in [-0.25, -0.2) is 4.79 Å². The number of carbonyl (C=O) groups is 3. The first-order chi connectivity index (χ1) is 15.8. The summed E-state index contributed by atoms with van der Waals surface area (Å²) in [6, 6.07) is 10.6. The molecule has 0 heterocycles. The van der Waals surface area contributed by atoms with E-state index < -0.39 is 42.2 Å². The Morgan fingerprint density at radius 1 is 1.00 bits per heavy atom. The first-order valence-electron chi connectivity index (χ1n) is 11.1. The van der Waals surface area contributed by atoms with E-state index in [-0.39, 0.29) is 0 Å². The molecule has 0 fully saturated rings. The monoisotopic (exact) mass is 469 g/mol. The van der Waals surface area contributed by atoms with Crippen LogP contribution in [0.1, 0.15) is 49.1 Å². The molecule has 3 amide bonds. The highest BCUT2D eigenvalue weighted by molar-refractivity contribution is 5.99. The number of ether oxygens (including phenoxy) is 1. The molecule has 0 saturated carbocycles. The SMILES string of the molecule is Cc1ccc(C(C(=O)Nc2ccccc2C)N(C)C(=O)C(CO)NC(=O)OC(C)(C)C)cc1C. The molecule has 8 heteroatoms. The van der Waals surface area contributed by atoms with Gasteiger partial charge in [-0.15, -0.1) is 0 Å². The van der Waals surface area contributed by atoms with Crippen LogP contribution < -0.4 is 10.6 Å². The number of amides is 3. The summed E-state index contributed by atoms with van der Waals surface area (Å²) in [4.78, 5) is 40.2. The molecule has 3 N–H and O–H groups in total. The number of nitrogens with zero attached hydrogens (tertiary/aromatic N) is 1. The van der Waals surface area contributed by atoms with E-state index in [1.165, 1.54) is 11.9 Å². The second-order valence-corrected chi connectivity index (χ2v) is 9.38. The standard InChI is InChI=1S/C26H35N3O5/c1-16-12-13-19(14-18(16)3)22(23(31)27-20-11-9-8-10-17(20)2)29(7)24(32)21(15-30)28-25(33)34-26(4,5)6/h8-14,21-22,30H,15H2,1-7H3,(H,27,31)(H,28,33). The zero-order valence-corrected chi connectivity index (χ0v) is 20.9. The molecule has 2 rings (SSSR count). The zero-order valence-electron chi connectivity index (χ0n) is 20.9. The summed E-state index contributed by atoms with van der Waals surface area (Å²) in [6.45, 7) is 10.2. The minimum Gasteiger partial charge on any atom is -0.444 e. The highest BCUT2D eigenvalue weighted by Crippen LogP contribution is 2.26. The maximum atomic E-state index is 13.4. The Balaban J connectivity index is 2.37. The molecule has 34 heavy (non-hydrogen) atoms. The van der Waals surface area contributed by atoms with Crippen LogP contribution in [0.15, 0.2) is 42.5 Å². The van der Waals surface area contributed by atoms with E-state index in [9.17, 15) is 19.5 Å². The number of alkyl carbamates (subject to hydrolysis) is 1. The fraction of sp³-hybridized carbons (Fsp3) is 0.423. The lowest BCUT2D eigenvalue weighted by molar-refractivity contribution is -0.139. The van der Waals surface area contributed by atoms with Gasteiger partial charge in [-0.2, -0.15) is 0 Å². The molecule has 0 bridgehead atoms. The number of carbonyl (C=O) groups excluding carboxylic acids is 3. The van der Waals surface area contributed by atoms with Crippen molar-refractivity contribution in [2.24, 2.45) is 0 Å². The first-order valence-corrected chi connectivity index (χ1v) is 11.1. The quantitative estimate of drug-likeness (QED) is 0.574. The summed E-state index contributed by atoms with van der Waals surface area (Å²) in [5, 5.41) is 15.1. The van der Waals surface area contributed by atoms with Crippen LogP contribution in [0, 0.1) is 20.8 Å². The van der Waals surface area contributed by atoms with E-state index >= 15 is 0 Å². The summed E-state index contributed by atoms with van der Waals surface area (Å²) >= 11 is 0. The molecule has 8 nitrogen and oxygen atoms in total. The molecule has 0 spiro atoms. The molecule has 2 unspecified atom stereocenters. The predicted molar refractivity (Wildman–Crippen MR) is 131 cm³/mol. The predicted octanol–water partition coefficient (Wildman–Crippen LogP) is 3.64. The Bertz CT molecular complexity index is 1040. The molecule has 184 valence electrons. The number of aliphatic hydroxyl groups is 1. The van der Waals surface area contributed by atoms with Gasteiger partial charge in [-0.3, -0.25) is 9.59 Å². The average molecular weight is 470 g/mol. The largest absolute Gasteiger partial charge is 0.444 e. The molecule has 0 radical (unpaired) electrons. The smallest absolute Gasteiger partial charge is 0.408 e. The van der Waals surface area contributed by atoms with Crippen LogP contribution in [0.4, 0.5) is 10.5 Å². The fourth-order valence-electron chi connectivity index (χ4n) is 3.41. The van der Waals surface area contributed by atoms with Gasteiger partial charge in [0.2, 0.25) is 5.91 Å². The van der Waals surface area contributed by atoms with Crippen molar-refractivity contribution in [1.82, 2.24) is 10.2 Å². The molecule has 0 aliphatic heterocycles. The molecule has 0 aliphatic rings. The van der Waals surface area contributed by atoms with Gasteiger partial charge in [-0.05, 0) is 69.9 Å². The van der Waals surface area contributed by atoms with Crippen LogP contribution in [-0.2, 0) is 14.3 Å². The maximum Gasteiger partial charge on any atom is 0.408 e. The zero-order chi connectivity index (χ0) is 25.6. The fourth-order valence-corrected chi connectivity index (χ4v) is 3.41. The topological polar surface area (TPSA) is 108 Å². The summed E-state index contributed by atoms with van der Waals surface area (Å²) in [5.41, 5.74) is 3.37. The normalized spacial score (nSPS) is 12.9. The number of likely N-dealkylation sites (N-methyl/N-ethyl adjacent to an activating group) is 1. The number of rotatable bonds is 7. The molecular weight excluding hydrogens is 434 g/mol. The van der Waals surface area contributed by atoms with E-state index in [0.717, 1.165) is 16.7 Å². The lowest BCUT2D eigenvalue weighted by Crippen LogP contribution is -2.52. The lowest BCUT2D eigenvalue weighted by atomic mass is 9.98. The van der Waals surface area contributed by atoms with E-state index in [1.807, 2.05) is 51.1 Å². The number of aryl methyl sites for hydroxylation is 3. The highest BCUT2D eigenvalue weighted by Gasteiger charge is 2.34. The third-order valence-corrected chi connectivity index (χ3v) is 5.40. The highest BCUT2D eigenvalue weighted by atomic mass is 16.6. The third-order valence-electron chi connectivity index (χ3n) is 5.40. The summed E-state index contributed by atoms with van der Waals surface area (Å²) in [6.07, 6.45) is -0.833. The lowest BCUT2D eigenvalue weighted by Gasteiger charge is -2.31. The van der Waals surface area contributed by atoms with Crippen molar-refractivity contribution < 1.29 is 24.2 Å². The van der Waals surface area contributed by atoms with E-state index in [1.54, 1.807) is 32.9 Å². The van der Waals surface area contributed by atoms with Crippen molar-refractivity contribution in [3.63, 3.8) is 0 Å². The van der Waals surface area contributed by atoms with E-state index in [0.29, 0.717) is 11.3 Å². The van der Waals surface area contributed by atoms with Crippen LogP contribution in [0.5, 0.6) is 0 Å². The van der Waals surface area contributed by atoms with Gasteiger partial charge < -0.3 is 25.4 Å². The minimum absolute atomic E-state index is 0.414. The van der Waals surface area contributed by atoms with Crippen molar-refractivity contribution in [3.8, 4) is 0 Å².